The van der Waals surface area contributed by atoms with Gasteiger partial charge in [-0.15, -0.1) is 13.2 Å². The van der Waals surface area contributed by atoms with Gasteiger partial charge < -0.3 is 5.11 Å². The van der Waals surface area contributed by atoms with Gasteiger partial charge in [0.2, 0.25) is 0 Å². The van der Waals surface area contributed by atoms with Crippen molar-refractivity contribution in [3.8, 4) is 0 Å². The standard InChI is InChI=1S/C9H15F3O3/c1-6(2)8(3,7(13)14)4-5-15-9(10,11)12/h6H,4-5H2,1-3H3,(H,13,14). The summed E-state index contributed by atoms with van der Waals surface area (Å²) >= 11 is 0. The molecule has 0 rings (SSSR count). The molecule has 0 saturated carbocycles. The minimum absolute atomic E-state index is 0.167. The number of hydrogen-bond donors (Lipinski definition) is 1. The van der Waals surface area contributed by atoms with Crippen molar-refractivity contribution < 1.29 is 27.8 Å². The van der Waals surface area contributed by atoms with Crippen LogP contribution in [0.3, 0.4) is 0 Å². The number of ether oxygens (including phenoxy) is 1. The van der Waals surface area contributed by atoms with Gasteiger partial charge in [0.25, 0.3) is 0 Å². The van der Waals surface area contributed by atoms with Crippen LogP contribution in [-0.4, -0.2) is 24.0 Å². The maximum atomic E-state index is 11.7. The SMILES string of the molecule is CC(C)C(C)(CCOC(F)(F)F)C(=O)O. The summed E-state index contributed by atoms with van der Waals surface area (Å²) in [5.41, 5.74) is -1.19. The molecule has 1 N–H and O–H groups in total. The summed E-state index contributed by atoms with van der Waals surface area (Å²) in [6.45, 7) is 4.09. The first kappa shape index (κ1) is 14.2. The molecule has 90 valence electrons. The van der Waals surface area contributed by atoms with Crippen molar-refractivity contribution in [1.82, 2.24) is 0 Å². The Morgan fingerprint density at radius 2 is 1.87 bits per heavy atom. The molecule has 0 fully saturated rings. The van der Waals surface area contributed by atoms with Gasteiger partial charge in [-0.25, -0.2) is 0 Å². The normalized spacial score (nSPS) is 16.5. The van der Waals surface area contributed by atoms with Crippen molar-refractivity contribution in [2.45, 2.75) is 33.6 Å². The number of carbonyl (C=O) groups is 1. The number of rotatable bonds is 5. The lowest BCUT2D eigenvalue weighted by Gasteiger charge is -2.28. The number of alkyl halides is 3. The molecule has 0 saturated heterocycles. The van der Waals surface area contributed by atoms with Crippen LogP contribution in [0, 0.1) is 11.3 Å². The van der Waals surface area contributed by atoms with Crippen LogP contribution in [-0.2, 0) is 9.53 Å². The lowest BCUT2D eigenvalue weighted by Crippen LogP contribution is -2.35. The fourth-order valence-corrected chi connectivity index (χ4v) is 1.02. The number of carboxylic acid groups (broad SMARTS) is 1. The molecule has 0 aromatic heterocycles. The summed E-state index contributed by atoms with van der Waals surface area (Å²) in [6, 6.07) is 0. The third-order valence-electron chi connectivity index (χ3n) is 2.65. The van der Waals surface area contributed by atoms with E-state index in [1.807, 2.05) is 0 Å². The van der Waals surface area contributed by atoms with Gasteiger partial charge in [-0.05, 0) is 19.3 Å². The largest absolute Gasteiger partial charge is 0.522 e. The molecule has 0 bridgehead atoms. The summed E-state index contributed by atoms with van der Waals surface area (Å²) < 4.78 is 38.6. The minimum Gasteiger partial charge on any atom is -0.481 e. The molecule has 0 spiro atoms. The van der Waals surface area contributed by atoms with Crippen LogP contribution in [0.25, 0.3) is 0 Å². The molecule has 1 unspecified atom stereocenters. The fourth-order valence-electron chi connectivity index (χ4n) is 1.02. The molecule has 3 nitrogen and oxygen atoms in total. The number of hydrogen-bond acceptors (Lipinski definition) is 2. The van der Waals surface area contributed by atoms with Crippen molar-refractivity contribution in [1.29, 1.82) is 0 Å². The van der Waals surface area contributed by atoms with E-state index in [0.717, 1.165) is 0 Å². The van der Waals surface area contributed by atoms with Crippen molar-refractivity contribution >= 4 is 5.97 Å². The van der Waals surface area contributed by atoms with Gasteiger partial charge in [0.15, 0.2) is 0 Å². The molecule has 0 aromatic carbocycles. The fraction of sp³-hybridized carbons (Fsp3) is 0.889. The monoisotopic (exact) mass is 228 g/mol. The Morgan fingerprint density at radius 3 is 2.13 bits per heavy atom. The first-order valence-electron chi connectivity index (χ1n) is 4.53. The van der Waals surface area contributed by atoms with Crippen molar-refractivity contribution in [3.63, 3.8) is 0 Å². The topological polar surface area (TPSA) is 46.5 Å². The molecule has 15 heavy (non-hydrogen) atoms. The lowest BCUT2D eigenvalue weighted by atomic mass is 9.77. The van der Waals surface area contributed by atoms with Crippen molar-refractivity contribution in [2.75, 3.05) is 6.61 Å². The van der Waals surface area contributed by atoms with Crippen LogP contribution in [0.2, 0.25) is 0 Å². The van der Waals surface area contributed by atoms with Crippen LogP contribution in [0.15, 0.2) is 0 Å². The van der Waals surface area contributed by atoms with Crippen molar-refractivity contribution in [2.24, 2.45) is 11.3 Å². The summed E-state index contributed by atoms with van der Waals surface area (Å²) in [6.07, 6.45) is -4.87. The van der Waals surface area contributed by atoms with E-state index in [0.29, 0.717) is 0 Å². The predicted octanol–water partition coefficient (Wildman–Crippen LogP) is 2.66. The van der Waals surface area contributed by atoms with Gasteiger partial charge in [-0.3, -0.25) is 9.53 Å². The average Bonchev–Trinajstić information content (AvgIpc) is 2.00. The molecular weight excluding hydrogens is 213 g/mol. The molecular formula is C9H15F3O3. The van der Waals surface area contributed by atoms with E-state index in [1.54, 1.807) is 13.8 Å². The van der Waals surface area contributed by atoms with Crippen LogP contribution in [0.1, 0.15) is 27.2 Å². The molecule has 0 aliphatic heterocycles. The van der Waals surface area contributed by atoms with Crippen LogP contribution in [0.5, 0.6) is 0 Å². The highest BCUT2D eigenvalue weighted by Gasteiger charge is 2.38. The Kier molecular flexibility index (Phi) is 4.58. The highest BCUT2D eigenvalue weighted by molar-refractivity contribution is 5.74. The minimum atomic E-state index is -4.70. The molecule has 0 aliphatic rings. The van der Waals surface area contributed by atoms with Gasteiger partial charge in [-0.2, -0.15) is 0 Å². The maximum absolute atomic E-state index is 11.7. The quantitative estimate of drug-likeness (QED) is 0.786. The summed E-state index contributed by atoms with van der Waals surface area (Å²) in [4.78, 5) is 10.9. The third kappa shape index (κ3) is 4.51. The second-order valence-corrected chi connectivity index (χ2v) is 3.92. The van der Waals surface area contributed by atoms with Gasteiger partial charge in [-0.1, -0.05) is 13.8 Å². The molecule has 0 aliphatic carbocycles. The Labute approximate surface area is 86.2 Å². The zero-order valence-corrected chi connectivity index (χ0v) is 8.89. The molecule has 6 heteroatoms. The van der Waals surface area contributed by atoms with Crippen LogP contribution < -0.4 is 0 Å². The molecule has 0 aromatic rings. The molecule has 1 atom stereocenters. The van der Waals surface area contributed by atoms with E-state index in [1.165, 1.54) is 6.92 Å². The molecule has 0 radical (unpaired) electrons. The highest BCUT2D eigenvalue weighted by Crippen LogP contribution is 2.32. The maximum Gasteiger partial charge on any atom is 0.522 e. The average molecular weight is 228 g/mol. The smallest absolute Gasteiger partial charge is 0.481 e. The predicted molar refractivity (Wildman–Crippen MR) is 47.2 cm³/mol. The number of aliphatic carboxylic acids is 1. The summed E-state index contributed by atoms with van der Waals surface area (Å²) in [5.74, 6) is -1.37. The van der Waals surface area contributed by atoms with Gasteiger partial charge >= 0.3 is 12.3 Å². The lowest BCUT2D eigenvalue weighted by molar-refractivity contribution is -0.326. The van der Waals surface area contributed by atoms with E-state index in [9.17, 15) is 18.0 Å². The van der Waals surface area contributed by atoms with Gasteiger partial charge in [0.05, 0.1) is 12.0 Å². The van der Waals surface area contributed by atoms with Gasteiger partial charge in [0.1, 0.15) is 0 Å². The second kappa shape index (κ2) is 4.83. The van der Waals surface area contributed by atoms with Gasteiger partial charge in [0, 0.05) is 0 Å². The summed E-state index contributed by atoms with van der Waals surface area (Å²) in [5, 5.41) is 8.90. The van der Waals surface area contributed by atoms with E-state index in [-0.39, 0.29) is 12.3 Å². The van der Waals surface area contributed by atoms with E-state index in [4.69, 9.17) is 5.11 Å². The number of halogens is 3. The number of carboxylic acids is 1. The molecule has 0 amide bonds. The molecule has 0 heterocycles. The summed E-state index contributed by atoms with van der Waals surface area (Å²) in [7, 11) is 0. The highest BCUT2D eigenvalue weighted by atomic mass is 19.4. The van der Waals surface area contributed by atoms with Crippen LogP contribution >= 0.6 is 0 Å². The Bertz CT molecular complexity index is 225. The van der Waals surface area contributed by atoms with E-state index < -0.39 is 24.4 Å². The second-order valence-electron chi connectivity index (χ2n) is 3.92. The third-order valence-corrected chi connectivity index (χ3v) is 2.65. The van der Waals surface area contributed by atoms with E-state index >= 15 is 0 Å². The Hall–Kier alpha value is -0.780. The first-order valence-corrected chi connectivity index (χ1v) is 4.53. The zero-order valence-electron chi connectivity index (χ0n) is 8.89. The Balaban J connectivity index is 4.28. The van der Waals surface area contributed by atoms with Crippen LogP contribution in [0.4, 0.5) is 13.2 Å². The Morgan fingerprint density at radius 1 is 1.40 bits per heavy atom. The van der Waals surface area contributed by atoms with Crippen molar-refractivity contribution in [3.05, 3.63) is 0 Å². The first-order chi connectivity index (χ1) is 6.59. The zero-order chi connectivity index (χ0) is 12.3. The van der Waals surface area contributed by atoms with E-state index in [2.05, 4.69) is 4.74 Å².